The summed E-state index contributed by atoms with van der Waals surface area (Å²) in [6, 6.07) is 2.84. The largest absolute Gasteiger partial charge is 0.307 e. The lowest BCUT2D eigenvalue weighted by Gasteiger charge is -2.05. The minimum Gasteiger partial charge on any atom is -0.306 e. The molecule has 0 bridgehead atoms. The smallest absolute Gasteiger partial charge is 0.306 e. The number of nitro benzene ring substituents is 1. The summed E-state index contributed by atoms with van der Waals surface area (Å²) in [4.78, 5) is 24.6. The predicted molar refractivity (Wildman–Crippen MR) is 65.2 cm³/mol. The predicted octanol–water partition coefficient (Wildman–Crippen LogP) is 2.66. The van der Waals surface area contributed by atoms with E-state index in [1.165, 1.54) is 0 Å². The Bertz CT molecular complexity index is 720. The maximum atomic E-state index is 13.6. The van der Waals surface area contributed by atoms with E-state index in [4.69, 9.17) is 0 Å². The summed E-state index contributed by atoms with van der Waals surface area (Å²) in [5.74, 6) is -4.40. The molecule has 0 aliphatic heterocycles. The highest BCUT2D eigenvalue weighted by molar-refractivity contribution is 6.04. The zero-order chi connectivity index (χ0) is 15.6. The average molecular weight is 297 g/mol. The van der Waals surface area contributed by atoms with Crippen LogP contribution in [0.2, 0.25) is 0 Å². The third-order valence-corrected chi connectivity index (χ3v) is 2.45. The minimum atomic E-state index is -1.35. The SMILES string of the molecule is O=C(Nc1ccc(F)cn1)c1cc(F)c([N+](=O)[O-])cc1F. The number of nitrogens with zero attached hydrogens (tertiary/aromatic N) is 2. The fourth-order valence-electron chi connectivity index (χ4n) is 1.48. The molecular weight excluding hydrogens is 291 g/mol. The molecule has 2 rings (SSSR count). The van der Waals surface area contributed by atoms with Crippen molar-refractivity contribution in [3.63, 3.8) is 0 Å². The summed E-state index contributed by atoms with van der Waals surface area (Å²) < 4.78 is 39.6. The molecule has 6 nitrogen and oxygen atoms in total. The molecule has 0 fully saturated rings. The number of rotatable bonds is 3. The molecule has 0 aliphatic carbocycles. The van der Waals surface area contributed by atoms with Crippen molar-refractivity contribution >= 4 is 17.4 Å². The molecule has 0 saturated heterocycles. The summed E-state index contributed by atoms with van der Waals surface area (Å²) in [6.45, 7) is 0. The lowest BCUT2D eigenvalue weighted by atomic mass is 10.1. The van der Waals surface area contributed by atoms with Crippen molar-refractivity contribution in [2.75, 3.05) is 5.32 Å². The number of halogens is 3. The number of aromatic nitrogens is 1. The summed E-state index contributed by atoms with van der Waals surface area (Å²) in [5, 5.41) is 12.5. The van der Waals surface area contributed by atoms with Gasteiger partial charge in [-0.25, -0.2) is 13.8 Å². The molecule has 2 aromatic rings. The number of anilines is 1. The van der Waals surface area contributed by atoms with Gasteiger partial charge in [0.2, 0.25) is 5.82 Å². The number of carbonyl (C=O) groups excluding carboxylic acids is 1. The van der Waals surface area contributed by atoms with Crippen LogP contribution in [-0.4, -0.2) is 15.8 Å². The number of hydrogen-bond donors (Lipinski definition) is 1. The Morgan fingerprint density at radius 2 is 1.90 bits per heavy atom. The lowest BCUT2D eigenvalue weighted by Crippen LogP contribution is -2.15. The van der Waals surface area contributed by atoms with Crippen molar-refractivity contribution in [3.8, 4) is 0 Å². The summed E-state index contributed by atoms with van der Waals surface area (Å²) >= 11 is 0. The van der Waals surface area contributed by atoms with Gasteiger partial charge in [0.05, 0.1) is 22.7 Å². The molecule has 0 radical (unpaired) electrons. The van der Waals surface area contributed by atoms with E-state index in [-0.39, 0.29) is 5.82 Å². The topological polar surface area (TPSA) is 85.1 Å². The van der Waals surface area contributed by atoms with E-state index >= 15 is 0 Å². The lowest BCUT2D eigenvalue weighted by molar-refractivity contribution is -0.387. The highest BCUT2D eigenvalue weighted by atomic mass is 19.1. The second-order valence-electron chi connectivity index (χ2n) is 3.86. The summed E-state index contributed by atoms with van der Waals surface area (Å²) in [6.07, 6.45) is 0.822. The van der Waals surface area contributed by atoms with Gasteiger partial charge >= 0.3 is 5.69 Å². The van der Waals surface area contributed by atoms with Gasteiger partial charge in [0.1, 0.15) is 17.5 Å². The number of nitrogens with one attached hydrogen (secondary N) is 1. The first-order valence-corrected chi connectivity index (χ1v) is 5.45. The zero-order valence-corrected chi connectivity index (χ0v) is 10.1. The minimum absolute atomic E-state index is 0.0837. The van der Waals surface area contributed by atoms with Crippen LogP contribution in [0.25, 0.3) is 0 Å². The van der Waals surface area contributed by atoms with E-state index < -0.39 is 39.5 Å². The number of hydrogen-bond acceptors (Lipinski definition) is 4. The van der Waals surface area contributed by atoms with Crippen LogP contribution in [0.3, 0.4) is 0 Å². The molecule has 21 heavy (non-hydrogen) atoms. The fourth-order valence-corrected chi connectivity index (χ4v) is 1.48. The summed E-state index contributed by atoms with van der Waals surface area (Å²) in [7, 11) is 0. The normalized spacial score (nSPS) is 10.2. The van der Waals surface area contributed by atoms with Crippen molar-refractivity contribution in [1.29, 1.82) is 0 Å². The Morgan fingerprint density at radius 3 is 2.48 bits per heavy atom. The van der Waals surface area contributed by atoms with Crippen LogP contribution in [0, 0.1) is 27.6 Å². The van der Waals surface area contributed by atoms with E-state index in [2.05, 4.69) is 10.3 Å². The van der Waals surface area contributed by atoms with Gasteiger partial charge in [-0.1, -0.05) is 0 Å². The van der Waals surface area contributed by atoms with Gasteiger partial charge in [0.25, 0.3) is 5.91 Å². The molecule has 0 spiro atoms. The molecule has 1 aromatic heterocycles. The van der Waals surface area contributed by atoms with Gasteiger partial charge in [-0.2, -0.15) is 4.39 Å². The van der Waals surface area contributed by atoms with Crippen molar-refractivity contribution in [1.82, 2.24) is 4.98 Å². The van der Waals surface area contributed by atoms with Crippen LogP contribution in [0.15, 0.2) is 30.5 Å². The van der Waals surface area contributed by atoms with Crippen molar-refractivity contribution in [2.45, 2.75) is 0 Å². The Hall–Kier alpha value is -2.97. The third kappa shape index (κ3) is 3.14. The van der Waals surface area contributed by atoms with Crippen LogP contribution in [0.5, 0.6) is 0 Å². The number of amides is 1. The monoisotopic (exact) mass is 297 g/mol. The molecule has 0 aliphatic rings. The second-order valence-corrected chi connectivity index (χ2v) is 3.86. The van der Waals surface area contributed by atoms with Gasteiger partial charge in [-0.15, -0.1) is 0 Å². The molecule has 1 N–H and O–H groups in total. The number of pyridine rings is 1. The highest BCUT2D eigenvalue weighted by Crippen LogP contribution is 2.22. The van der Waals surface area contributed by atoms with Gasteiger partial charge in [-0.05, 0) is 18.2 Å². The van der Waals surface area contributed by atoms with E-state index in [0.717, 1.165) is 18.3 Å². The van der Waals surface area contributed by atoms with Crippen molar-refractivity contribution in [3.05, 3.63) is 63.6 Å². The number of carbonyl (C=O) groups is 1. The second kappa shape index (κ2) is 5.57. The standard InChI is InChI=1S/C12H6F3N3O3/c13-6-1-2-11(16-5-6)17-12(19)7-3-9(15)10(18(20)21)4-8(7)14/h1-5H,(H,16,17,19). The van der Waals surface area contributed by atoms with Crippen LogP contribution in [0.4, 0.5) is 24.7 Å². The Kier molecular flexibility index (Phi) is 3.83. The number of nitro groups is 1. The maximum absolute atomic E-state index is 13.6. The van der Waals surface area contributed by atoms with E-state index in [1.807, 2.05) is 0 Å². The van der Waals surface area contributed by atoms with E-state index in [0.29, 0.717) is 12.1 Å². The average Bonchev–Trinajstić information content (AvgIpc) is 2.43. The Morgan fingerprint density at radius 1 is 1.19 bits per heavy atom. The first kappa shape index (κ1) is 14.4. The van der Waals surface area contributed by atoms with Gasteiger partial charge < -0.3 is 5.32 Å². The highest BCUT2D eigenvalue weighted by Gasteiger charge is 2.22. The first-order valence-electron chi connectivity index (χ1n) is 5.45. The van der Waals surface area contributed by atoms with Crippen molar-refractivity contribution < 1.29 is 22.9 Å². The van der Waals surface area contributed by atoms with E-state index in [1.54, 1.807) is 0 Å². The van der Waals surface area contributed by atoms with Gasteiger partial charge in [0, 0.05) is 0 Å². The first-order chi connectivity index (χ1) is 9.88. The molecule has 0 unspecified atom stereocenters. The molecule has 1 amide bonds. The zero-order valence-electron chi connectivity index (χ0n) is 10.1. The summed E-state index contributed by atoms with van der Waals surface area (Å²) in [5.41, 5.74) is -1.81. The fraction of sp³-hybridized carbons (Fsp3) is 0. The molecule has 1 aromatic carbocycles. The molecule has 108 valence electrons. The Labute approximate surface area is 115 Å². The third-order valence-electron chi connectivity index (χ3n) is 2.45. The van der Waals surface area contributed by atoms with E-state index in [9.17, 15) is 28.1 Å². The van der Waals surface area contributed by atoms with Crippen LogP contribution >= 0.6 is 0 Å². The molecule has 0 atom stereocenters. The maximum Gasteiger partial charge on any atom is 0.307 e. The quantitative estimate of drug-likeness (QED) is 0.697. The molecular formula is C12H6F3N3O3. The Balaban J connectivity index is 2.29. The van der Waals surface area contributed by atoms with Gasteiger partial charge in [0.15, 0.2) is 0 Å². The van der Waals surface area contributed by atoms with Crippen LogP contribution in [0.1, 0.15) is 10.4 Å². The molecule has 0 saturated carbocycles. The molecule has 9 heteroatoms. The van der Waals surface area contributed by atoms with Crippen LogP contribution < -0.4 is 5.32 Å². The van der Waals surface area contributed by atoms with Gasteiger partial charge in [-0.3, -0.25) is 14.9 Å². The van der Waals surface area contributed by atoms with Crippen molar-refractivity contribution in [2.24, 2.45) is 0 Å². The molecule has 1 heterocycles. The van der Waals surface area contributed by atoms with Crippen LogP contribution in [-0.2, 0) is 0 Å². The number of benzene rings is 1.